The van der Waals surface area contributed by atoms with Crippen LogP contribution in [0.3, 0.4) is 0 Å². The maximum atomic E-state index is 5.19. The van der Waals surface area contributed by atoms with Crippen molar-refractivity contribution < 1.29 is 4.74 Å². The molecule has 0 aliphatic carbocycles. The van der Waals surface area contributed by atoms with Crippen molar-refractivity contribution in [3.8, 4) is 0 Å². The first-order chi connectivity index (χ1) is 8.70. The smallest absolute Gasteiger partial charge is 0.0733 e. The first kappa shape index (κ1) is 12.6. The van der Waals surface area contributed by atoms with Crippen LogP contribution in [0.5, 0.6) is 0 Å². The van der Waals surface area contributed by atoms with Gasteiger partial charge in [0, 0.05) is 25.4 Å². The van der Waals surface area contributed by atoms with Crippen molar-refractivity contribution >= 4 is 5.69 Å². The molecule has 0 spiro atoms. The molecule has 0 unspecified atom stereocenters. The van der Waals surface area contributed by atoms with Crippen LogP contribution in [0.25, 0.3) is 0 Å². The number of aryl methyl sites for hydroxylation is 2. The van der Waals surface area contributed by atoms with Gasteiger partial charge < -0.3 is 10.1 Å². The van der Waals surface area contributed by atoms with Crippen LogP contribution in [-0.2, 0) is 24.9 Å². The highest BCUT2D eigenvalue weighted by molar-refractivity contribution is 5.50. The summed E-state index contributed by atoms with van der Waals surface area (Å²) < 4.78 is 7.09. The van der Waals surface area contributed by atoms with E-state index in [0.717, 1.165) is 17.9 Å². The van der Waals surface area contributed by atoms with Crippen LogP contribution in [0, 0.1) is 6.92 Å². The zero-order valence-electron chi connectivity index (χ0n) is 11.1. The van der Waals surface area contributed by atoms with Gasteiger partial charge in [-0.05, 0) is 19.1 Å². The summed E-state index contributed by atoms with van der Waals surface area (Å²) in [6.45, 7) is 3.38. The molecule has 0 fully saturated rings. The van der Waals surface area contributed by atoms with Gasteiger partial charge in [0.05, 0.1) is 24.5 Å². The van der Waals surface area contributed by atoms with Crippen molar-refractivity contribution in [3.05, 3.63) is 47.3 Å². The van der Waals surface area contributed by atoms with Crippen molar-refractivity contribution in [3.63, 3.8) is 0 Å². The zero-order valence-corrected chi connectivity index (χ0v) is 11.1. The molecule has 0 aliphatic rings. The second-order valence-corrected chi connectivity index (χ2v) is 4.34. The average molecular weight is 245 g/mol. The number of ether oxygens (including phenoxy) is 1. The standard InChI is InChI=1S/C14H19N3O/c1-11-8-13(17(2)16-11)9-15-14-7-5-4-6-12(14)10-18-3/h4-8,15H,9-10H2,1-3H3. The molecule has 1 N–H and O–H groups in total. The van der Waals surface area contributed by atoms with Gasteiger partial charge in [-0.1, -0.05) is 18.2 Å². The molecular weight excluding hydrogens is 226 g/mol. The van der Waals surface area contributed by atoms with Crippen LogP contribution in [-0.4, -0.2) is 16.9 Å². The summed E-state index contributed by atoms with van der Waals surface area (Å²) in [5.41, 5.74) is 4.48. The van der Waals surface area contributed by atoms with Gasteiger partial charge in [-0.3, -0.25) is 4.68 Å². The number of benzene rings is 1. The number of aromatic nitrogens is 2. The summed E-state index contributed by atoms with van der Waals surface area (Å²) in [6.07, 6.45) is 0. The molecule has 1 aromatic heterocycles. The molecule has 4 nitrogen and oxygen atoms in total. The second kappa shape index (κ2) is 5.69. The average Bonchev–Trinajstić information content (AvgIpc) is 2.67. The Hall–Kier alpha value is -1.81. The monoisotopic (exact) mass is 245 g/mol. The normalized spacial score (nSPS) is 10.6. The molecule has 0 aliphatic heterocycles. The molecule has 1 heterocycles. The van der Waals surface area contributed by atoms with Crippen LogP contribution in [0.4, 0.5) is 5.69 Å². The molecule has 4 heteroatoms. The summed E-state index contributed by atoms with van der Waals surface area (Å²) in [5, 5.41) is 7.76. The molecule has 0 bridgehead atoms. The van der Waals surface area contributed by atoms with E-state index in [2.05, 4.69) is 28.6 Å². The van der Waals surface area contributed by atoms with E-state index in [1.807, 2.05) is 30.8 Å². The molecule has 0 radical (unpaired) electrons. The van der Waals surface area contributed by atoms with Crippen LogP contribution >= 0.6 is 0 Å². The molecular formula is C14H19N3O. The highest BCUT2D eigenvalue weighted by Crippen LogP contribution is 2.17. The largest absolute Gasteiger partial charge is 0.380 e. The summed E-state index contributed by atoms with van der Waals surface area (Å²) in [7, 11) is 3.67. The molecule has 0 saturated heterocycles. The Kier molecular flexibility index (Phi) is 3.99. The number of nitrogens with zero attached hydrogens (tertiary/aromatic N) is 2. The van der Waals surface area contributed by atoms with Crippen molar-refractivity contribution in [1.29, 1.82) is 0 Å². The minimum atomic E-state index is 0.619. The molecule has 2 aromatic rings. The minimum Gasteiger partial charge on any atom is -0.380 e. The predicted octanol–water partition coefficient (Wildman–Crippen LogP) is 2.49. The van der Waals surface area contributed by atoms with Crippen LogP contribution in [0.15, 0.2) is 30.3 Å². The minimum absolute atomic E-state index is 0.619. The Balaban J connectivity index is 2.08. The number of hydrogen-bond donors (Lipinski definition) is 1. The topological polar surface area (TPSA) is 39.1 Å². The highest BCUT2D eigenvalue weighted by Gasteiger charge is 2.04. The van der Waals surface area contributed by atoms with Gasteiger partial charge in [-0.15, -0.1) is 0 Å². The number of methoxy groups -OCH3 is 1. The summed E-state index contributed by atoms with van der Waals surface area (Å²) in [6, 6.07) is 10.3. The van der Waals surface area contributed by atoms with E-state index in [0.29, 0.717) is 6.61 Å². The Morgan fingerprint density at radius 1 is 1.33 bits per heavy atom. The van der Waals surface area contributed by atoms with E-state index in [9.17, 15) is 0 Å². The summed E-state index contributed by atoms with van der Waals surface area (Å²) >= 11 is 0. The molecule has 0 atom stereocenters. The predicted molar refractivity (Wildman–Crippen MR) is 72.4 cm³/mol. The lowest BCUT2D eigenvalue weighted by atomic mass is 10.2. The maximum absolute atomic E-state index is 5.19. The van der Waals surface area contributed by atoms with Gasteiger partial charge in [-0.25, -0.2) is 0 Å². The Labute approximate surface area is 108 Å². The molecule has 0 saturated carbocycles. The summed E-state index contributed by atoms with van der Waals surface area (Å²) in [4.78, 5) is 0. The van der Waals surface area contributed by atoms with Crippen LogP contribution in [0.1, 0.15) is 17.0 Å². The maximum Gasteiger partial charge on any atom is 0.0733 e. The fraction of sp³-hybridized carbons (Fsp3) is 0.357. The third-order valence-electron chi connectivity index (χ3n) is 2.88. The lowest BCUT2D eigenvalue weighted by molar-refractivity contribution is 0.185. The van der Waals surface area contributed by atoms with Crippen molar-refractivity contribution in [2.45, 2.75) is 20.1 Å². The SMILES string of the molecule is COCc1ccccc1NCc1cc(C)nn1C. The third kappa shape index (κ3) is 2.90. The van der Waals surface area contributed by atoms with Gasteiger partial charge >= 0.3 is 0 Å². The Morgan fingerprint density at radius 2 is 2.11 bits per heavy atom. The number of rotatable bonds is 5. The molecule has 1 aromatic carbocycles. The molecule has 2 rings (SSSR count). The van der Waals surface area contributed by atoms with Crippen molar-refractivity contribution in [2.24, 2.45) is 7.05 Å². The number of anilines is 1. The van der Waals surface area contributed by atoms with E-state index in [4.69, 9.17) is 4.74 Å². The van der Waals surface area contributed by atoms with Crippen molar-refractivity contribution in [2.75, 3.05) is 12.4 Å². The van der Waals surface area contributed by atoms with Gasteiger partial charge in [0.25, 0.3) is 0 Å². The van der Waals surface area contributed by atoms with Crippen LogP contribution in [0.2, 0.25) is 0 Å². The fourth-order valence-electron chi connectivity index (χ4n) is 1.99. The Morgan fingerprint density at radius 3 is 2.78 bits per heavy atom. The second-order valence-electron chi connectivity index (χ2n) is 4.34. The quantitative estimate of drug-likeness (QED) is 0.879. The van der Waals surface area contributed by atoms with Gasteiger partial charge in [-0.2, -0.15) is 5.10 Å². The van der Waals surface area contributed by atoms with E-state index in [-0.39, 0.29) is 0 Å². The molecule has 0 amide bonds. The van der Waals surface area contributed by atoms with Crippen LogP contribution < -0.4 is 5.32 Å². The summed E-state index contributed by atoms with van der Waals surface area (Å²) in [5.74, 6) is 0. The van der Waals surface area contributed by atoms with E-state index in [1.165, 1.54) is 11.3 Å². The first-order valence-corrected chi connectivity index (χ1v) is 6.01. The number of para-hydroxylation sites is 1. The zero-order chi connectivity index (χ0) is 13.0. The fourth-order valence-corrected chi connectivity index (χ4v) is 1.99. The Bertz CT molecular complexity index is 520. The van der Waals surface area contributed by atoms with Gasteiger partial charge in [0.15, 0.2) is 0 Å². The number of hydrogen-bond acceptors (Lipinski definition) is 3. The van der Waals surface area contributed by atoms with Gasteiger partial charge in [0.2, 0.25) is 0 Å². The lowest BCUT2D eigenvalue weighted by Crippen LogP contribution is -2.07. The van der Waals surface area contributed by atoms with Crippen molar-refractivity contribution in [1.82, 2.24) is 9.78 Å². The molecule has 18 heavy (non-hydrogen) atoms. The van der Waals surface area contributed by atoms with E-state index < -0.39 is 0 Å². The van der Waals surface area contributed by atoms with E-state index in [1.54, 1.807) is 7.11 Å². The first-order valence-electron chi connectivity index (χ1n) is 6.01. The van der Waals surface area contributed by atoms with Gasteiger partial charge in [0.1, 0.15) is 0 Å². The highest BCUT2D eigenvalue weighted by atomic mass is 16.5. The lowest BCUT2D eigenvalue weighted by Gasteiger charge is -2.11. The number of nitrogens with one attached hydrogen (secondary N) is 1. The third-order valence-corrected chi connectivity index (χ3v) is 2.88. The van der Waals surface area contributed by atoms with E-state index >= 15 is 0 Å². The molecule has 96 valence electrons.